The van der Waals surface area contributed by atoms with Gasteiger partial charge in [-0.25, -0.2) is 0 Å². The second kappa shape index (κ2) is 50.4. The summed E-state index contributed by atoms with van der Waals surface area (Å²) in [6.45, 7) is 9.05. The topological polar surface area (TPSA) is 78.9 Å². The van der Waals surface area contributed by atoms with Crippen molar-refractivity contribution in [1.29, 1.82) is 0 Å². The van der Waals surface area contributed by atoms with Crippen molar-refractivity contribution >= 4 is 17.9 Å². The van der Waals surface area contributed by atoms with Gasteiger partial charge in [0.15, 0.2) is 6.10 Å². The van der Waals surface area contributed by atoms with E-state index < -0.39 is 6.10 Å². The van der Waals surface area contributed by atoms with E-state index in [2.05, 4.69) is 27.7 Å². The second-order valence-corrected chi connectivity index (χ2v) is 19.7. The molecule has 6 nitrogen and oxygen atoms in total. The van der Waals surface area contributed by atoms with Gasteiger partial charge in [-0.1, -0.05) is 278 Å². The molecule has 0 aliphatic rings. The fourth-order valence-corrected chi connectivity index (χ4v) is 8.57. The molecular weight excluding hydrogens is 769 g/mol. The van der Waals surface area contributed by atoms with Gasteiger partial charge in [0.25, 0.3) is 0 Å². The lowest BCUT2D eigenvalue weighted by Gasteiger charge is -2.18. The highest BCUT2D eigenvalue weighted by atomic mass is 16.6. The molecule has 0 aromatic heterocycles. The van der Waals surface area contributed by atoms with Crippen LogP contribution in [0.2, 0.25) is 0 Å². The lowest BCUT2D eigenvalue weighted by Crippen LogP contribution is -2.30. The Morgan fingerprint density at radius 2 is 0.532 bits per heavy atom. The molecule has 0 rings (SSSR count). The summed E-state index contributed by atoms with van der Waals surface area (Å²) in [5.41, 5.74) is 0. The van der Waals surface area contributed by atoms with E-state index in [0.717, 1.165) is 63.7 Å². The third kappa shape index (κ3) is 49.4. The van der Waals surface area contributed by atoms with Crippen LogP contribution in [0.1, 0.15) is 317 Å². The van der Waals surface area contributed by atoms with Crippen molar-refractivity contribution in [3.8, 4) is 0 Å². The Hall–Kier alpha value is -1.59. The average molecular weight is 877 g/mol. The maximum Gasteiger partial charge on any atom is 0.306 e. The smallest absolute Gasteiger partial charge is 0.306 e. The van der Waals surface area contributed by atoms with Crippen LogP contribution >= 0.6 is 0 Å². The highest BCUT2D eigenvalue weighted by Gasteiger charge is 2.19. The predicted octanol–water partition coefficient (Wildman–Crippen LogP) is 18.2. The van der Waals surface area contributed by atoms with Crippen molar-refractivity contribution < 1.29 is 28.6 Å². The summed E-state index contributed by atoms with van der Waals surface area (Å²) < 4.78 is 16.9. The zero-order chi connectivity index (χ0) is 45.2. The molecule has 0 bridgehead atoms. The summed E-state index contributed by atoms with van der Waals surface area (Å²) in [4.78, 5) is 38.1. The normalized spacial score (nSPS) is 12.0. The Bertz CT molecular complexity index is 933. The summed E-state index contributed by atoms with van der Waals surface area (Å²) in [7, 11) is 0. The highest BCUT2D eigenvalue weighted by molar-refractivity contribution is 5.71. The van der Waals surface area contributed by atoms with Crippen molar-refractivity contribution in [3.05, 3.63) is 0 Å². The van der Waals surface area contributed by atoms with Crippen LogP contribution < -0.4 is 0 Å². The minimum Gasteiger partial charge on any atom is -0.462 e. The Morgan fingerprint density at radius 3 is 0.790 bits per heavy atom. The van der Waals surface area contributed by atoms with Crippen LogP contribution in [-0.4, -0.2) is 37.2 Å². The van der Waals surface area contributed by atoms with E-state index >= 15 is 0 Å². The van der Waals surface area contributed by atoms with Crippen molar-refractivity contribution in [1.82, 2.24) is 0 Å². The summed E-state index contributed by atoms with van der Waals surface area (Å²) in [6.07, 6.45) is 53.7. The third-order valence-electron chi connectivity index (χ3n) is 12.8. The van der Waals surface area contributed by atoms with Gasteiger partial charge in [0.1, 0.15) is 13.2 Å². The summed E-state index contributed by atoms with van der Waals surface area (Å²) >= 11 is 0. The largest absolute Gasteiger partial charge is 0.462 e. The maximum absolute atomic E-state index is 12.8. The second-order valence-electron chi connectivity index (χ2n) is 19.7. The maximum atomic E-state index is 12.8. The van der Waals surface area contributed by atoms with E-state index in [-0.39, 0.29) is 31.1 Å². The van der Waals surface area contributed by atoms with Crippen LogP contribution in [0.15, 0.2) is 0 Å². The van der Waals surface area contributed by atoms with E-state index in [1.807, 2.05) is 0 Å². The van der Waals surface area contributed by atoms with Crippen molar-refractivity contribution in [2.24, 2.45) is 5.92 Å². The number of unbranched alkanes of at least 4 members (excludes halogenated alkanes) is 38. The first kappa shape index (κ1) is 60.4. The molecule has 6 heteroatoms. The van der Waals surface area contributed by atoms with E-state index in [9.17, 15) is 14.4 Å². The molecular formula is C56H108O6. The molecule has 0 radical (unpaired) electrons. The molecule has 0 aliphatic heterocycles. The standard InChI is InChI=1S/C56H108O6/c1-5-7-9-11-13-15-17-19-20-21-23-29-33-37-41-45-49-56(59)62-53(50-60-54(57)47-43-39-35-31-27-22-18-16-14-12-10-8-6-2)51-61-55(58)48-44-40-36-32-28-25-24-26-30-34-38-42-46-52(3)4/h52-53H,5-51H2,1-4H3/t53-/m0/s1. The number of esters is 3. The average Bonchev–Trinajstić information content (AvgIpc) is 3.26. The summed E-state index contributed by atoms with van der Waals surface area (Å²) in [6, 6.07) is 0. The molecule has 62 heavy (non-hydrogen) atoms. The number of rotatable bonds is 51. The van der Waals surface area contributed by atoms with Gasteiger partial charge in [-0.05, 0) is 25.2 Å². The van der Waals surface area contributed by atoms with Gasteiger partial charge in [-0.3, -0.25) is 14.4 Å². The van der Waals surface area contributed by atoms with Crippen LogP contribution in [0.3, 0.4) is 0 Å². The van der Waals surface area contributed by atoms with E-state index in [1.165, 1.54) is 212 Å². The Labute approximate surface area is 387 Å². The molecule has 368 valence electrons. The zero-order valence-electron chi connectivity index (χ0n) is 42.3. The van der Waals surface area contributed by atoms with Gasteiger partial charge in [0.2, 0.25) is 0 Å². The molecule has 0 aliphatic carbocycles. The van der Waals surface area contributed by atoms with Gasteiger partial charge < -0.3 is 14.2 Å². The zero-order valence-corrected chi connectivity index (χ0v) is 42.3. The molecule has 0 fully saturated rings. The molecule has 0 saturated heterocycles. The lowest BCUT2D eigenvalue weighted by atomic mass is 10.0. The number of hydrogen-bond donors (Lipinski definition) is 0. The van der Waals surface area contributed by atoms with Gasteiger partial charge in [-0.15, -0.1) is 0 Å². The van der Waals surface area contributed by atoms with Crippen LogP contribution in [0.25, 0.3) is 0 Å². The quantitative estimate of drug-likeness (QED) is 0.0344. The lowest BCUT2D eigenvalue weighted by molar-refractivity contribution is -0.167. The predicted molar refractivity (Wildman–Crippen MR) is 266 cm³/mol. The van der Waals surface area contributed by atoms with Gasteiger partial charge >= 0.3 is 17.9 Å². The van der Waals surface area contributed by atoms with Gasteiger partial charge in [-0.2, -0.15) is 0 Å². The van der Waals surface area contributed by atoms with Crippen LogP contribution in [0, 0.1) is 5.92 Å². The van der Waals surface area contributed by atoms with Crippen LogP contribution in [0.5, 0.6) is 0 Å². The summed E-state index contributed by atoms with van der Waals surface area (Å²) in [5, 5.41) is 0. The van der Waals surface area contributed by atoms with Crippen molar-refractivity contribution in [3.63, 3.8) is 0 Å². The molecule has 0 N–H and O–H groups in total. The van der Waals surface area contributed by atoms with E-state index in [1.54, 1.807) is 0 Å². The Kier molecular flexibility index (Phi) is 49.1. The number of carbonyl (C=O) groups is 3. The number of carbonyl (C=O) groups excluding carboxylic acids is 3. The first-order valence-electron chi connectivity index (χ1n) is 27.9. The molecule has 1 atom stereocenters. The minimum atomic E-state index is -0.761. The summed E-state index contributed by atoms with van der Waals surface area (Å²) in [5.74, 6) is -0.00404. The minimum absolute atomic E-state index is 0.0621. The van der Waals surface area contributed by atoms with Gasteiger partial charge in [0, 0.05) is 19.3 Å². The molecule has 0 saturated carbocycles. The molecule has 0 spiro atoms. The fourth-order valence-electron chi connectivity index (χ4n) is 8.57. The first-order valence-corrected chi connectivity index (χ1v) is 27.9. The molecule has 0 aromatic carbocycles. The van der Waals surface area contributed by atoms with Crippen LogP contribution in [-0.2, 0) is 28.6 Å². The SMILES string of the molecule is CCCCCCCCCCCCCCCCCCC(=O)O[C@@H](COC(=O)CCCCCCCCCCCCCCC)COC(=O)CCCCCCCCCCCCCCC(C)C. The van der Waals surface area contributed by atoms with Crippen molar-refractivity contribution in [2.45, 2.75) is 323 Å². The monoisotopic (exact) mass is 877 g/mol. The molecule has 0 aromatic rings. The Balaban J connectivity index is 4.30. The third-order valence-corrected chi connectivity index (χ3v) is 12.8. The van der Waals surface area contributed by atoms with Gasteiger partial charge in [0.05, 0.1) is 0 Å². The van der Waals surface area contributed by atoms with Crippen LogP contribution in [0.4, 0.5) is 0 Å². The van der Waals surface area contributed by atoms with Crippen molar-refractivity contribution in [2.75, 3.05) is 13.2 Å². The Morgan fingerprint density at radius 1 is 0.306 bits per heavy atom. The van der Waals surface area contributed by atoms with E-state index in [0.29, 0.717) is 19.3 Å². The van der Waals surface area contributed by atoms with E-state index in [4.69, 9.17) is 14.2 Å². The highest BCUT2D eigenvalue weighted by Crippen LogP contribution is 2.18. The molecule has 0 amide bonds. The number of hydrogen-bond acceptors (Lipinski definition) is 6. The fraction of sp³-hybridized carbons (Fsp3) is 0.946. The number of ether oxygens (including phenoxy) is 3. The first-order chi connectivity index (χ1) is 30.4. The molecule has 0 heterocycles. The molecule has 0 unspecified atom stereocenters.